The van der Waals surface area contributed by atoms with Crippen LogP contribution in [0.25, 0.3) is 0 Å². The van der Waals surface area contributed by atoms with Crippen LogP contribution in [0, 0.1) is 0 Å². The summed E-state index contributed by atoms with van der Waals surface area (Å²) in [4.78, 5) is 91.6. The molecule has 0 spiro atoms. The highest BCUT2D eigenvalue weighted by Gasteiger charge is 2.40. The summed E-state index contributed by atoms with van der Waals surface area (Å²) in [6, 6.07) is 26.2. The molecule has 4 atom stereocenters. The Balaban J connectivity index is 0.882. The number of ether oxygens (including phenoxy) is 4. The van der Waals surface area contributed by atoms with Crippen LogP contribution in [0.4, 0.5) is 28.4 Å². The van der Waals surface area contributed by atoms with Crippen molar-refractivity contribution < 1.29 is 52.6 Å². The van der Waals surface area contributed by atoms with Gasteiger partial charge in [-0.3, -0.25) is 28.8 Å². The van der Waals surface area contributed by atoms with Crippen LogP contribution in [0.1, 0.15) is 95.8 Å². The van der Waals surface area contributed by atoms with Crippen LogP contribution in [0.3, 0.4) is 0 Å². The molecular formula is C60H71N9O11. The molecule has 20 heteroatoms. The lowest BCUT2D eigenvalue weighted by molar-refractivity contribution is -0.130. The number of methoxy groups -OCH3 is 2. The number of hydroxylamine groups is 1. The largest absolute Gasteiger partial charge is 0.493 e. The molecule has 0 radical (unpaired) electrons. The van der Waals surface area contributed by atoms with Crippen LogP contribution in [-0.4, -0.2) is 114 Å². The Morgan fingerprint density at radius 3 is 1.91 bits per heavy atom. The number of likely N-dealkylation sites (N-methyl/N-ethyl adjacent to an activating group) is 1. The van der Waals surface area contributed by atoms with Crippen molar-refractivity contribution in [2.75, 3.05) is 79.4 Å². The molecule has 0 unspecified atom stereocenters. The molecule has 20 nitrogen and oxygen atoms in total. The fourth-order valence-electron chi connectivity index (χ4n) is 10.7. The van der Waals surface area contributed by atoms with Gasteiger partial charge in [-0.2, -0.15) is 0 Å². The summed E-state index contributed by atoms with van der Waals surface area (Å²) in [5.41, 5.74) is 10.7. The number of benzene rings is 5. The first-order chi connectivity index (χ1) is 38.7. The Labute approximate surface area is 466 Å². The van der Waals surface area contributed by atoms with E-state index in [0.717, 1.165) is 35.3 Å². The van der Waals surface area contributed by atoms with Gasteiger partial charge in [0.05, 0.1) is 55.4 Å². The van der Waals surface area contributed by atoms with Gasteiger partial charge in [0.2, 0.25) is 23.6 Å². The molecule has 5 aromatic carbocycles. The molecule has 80 heavy (non-hydrogen) atoms. The number of nitrogens with zero attached hydrogens (tertiary/aromatic N) is 3. The van der Waals surface area contributed by atoms with Crippen molar-refractivity contribution in [2.24, 2.45) is 0 Å². The number of para-hydroxylation sites is 2. The van der Waals surface area contributed by atoms with E-state index in [1.54, 1.807) is 37.3 Å². The maximum absolute atomic E-state index is 14.3. The van der Waals surface area contributed by atoms with Gasteiger partial charge in [-0.25, -0.2) is 5.48 Å². The minimum atomic E-state index is -1.02. The first-order valence-corrected chi connectivity index (χ1v) is 27.4. The first-order valence-electron chi connectivity index (χ1n) is 27.4. The van der Waals surface area contributed by atoms with E-state index in [2.05, 4.69) is 49.1 Å². The average Bonchev–Trinajstić information content (AvgIpc) is 4.15. The van der Waals surface area contributed by atoms with Gasteiger partial charge in [0.25, 0.3) is 11.8 Å². The van der Waals surface area contributed by atoms with E-state index in [0.29, 0.717) is 114 Å². The molecule has 0 saturated carbocycles. The molecule has 4 aliphatic heterocycles. The van der Waals surface area contributed by atoms with Crippen LogP contribution < -0.4 is 65.7 Å². The van der Waals surface area contributed by atoms with E-state index in [9.17, 15) is 28.8 Å². The number of fused-ring (bicyclic) bond motifs is 8. The number of amides is 6. The quantitative estimate of drug-likeness (QED) is 0.0289. The van der Waals surface area contributed by atoms with Gasteiger partial charge in [0, 0.05) is 75.3 Å². The van der Waals surface area contributed by atoms with E-state index >= 15 is 0 Å². The normalized spacial score (nSPS) is 16.4. The highest BCUT2D eigenvalue weighted by molar-refractivity contribution is 6.13. The fourth-order valence-corrected chi connectivity index (χ4v) is 10.7. The van der Waals surface area contributed by atoms with Gasteiger partial charge in [-0.1, -0.05) is 43.3 Å². The third-order valence-corrected chi connectivity index (χ3v) is 14.7. The summed E-state index contributed by atoms with van der Waals surface area (Å²) in [5, 5.41) is 14.6. The second-order valence-electron chi connectivity index (χ2n) is 20.5. The summed E-state index contributed by atoms with van der Waals surface area (Å²) in [6.45, 7) is 7.81. The minimum Gasteiger partial charge on any atom is -0.493 e. The number of rotatable bonds is 24. The van der Waals surface area contributed by atoms with Crippen molar-refractivity contribution in [3.63, 3.8) is 0 Å². The highest BCUT2D eigenvalue weighted by Crippen LogP contribution is 2.43. The van der Waals surface area contributed by atoms with E-state index in [1.165, 1.54) is 21.1 Å². The summed E-state index contributed by atoms with van der Waals surface area (Å²) < 4.78 is 24.7. The van der Waals surface area contributed by atoms with Crippen LogP contribution in [0.2, 0.25) is 0 Å². The van der Waals surface area contributed by atoms with E-state index in [1.807, 2.05) is 72.3 Å². The van der Waals surface area contributed by atoms with Crippen LogP contribution >= 0.6 is 0 Å². The first kappa shape index (κ1) is 56.4. The number of carbonyl (C=O) groups excluding carboxylic acids is 6. The van der Waals surface area contributed by atoms with Gasteiger partial charge >= 0.3 is 0 Å². The number of unbranched alkanes of at least 4 members (excludes halogenated alkanes) is 1. The van der Waals surface area contributed by atoms with E-state index in [4.69, 9.17) is 23.8 Å². The maximum Gasteiger partial charge on any atom is 0.260 e. The molecule has 5 aromatic rings. The molecule has 4 heterocycles. The van der Waals surface area contributed by atoms with Crippen molar-refractivity contribution in [1.82, 2.24) is 21.4 Å². The topological polar surface area (TPSA) is 230 Å². The van der Waals surface area contributed by atoms with Gasteiger partial charge in [0.1, 0.15) is 25.3 Å². The zero-order valence-electron chi connectivity index (χ0n) is 46.2. The number of nitrogens with one attached hydrogen (secondary N) is 6. The molecule has 6 N–H and O–H groups in total. The van der Waals surface area contributed by atoms with Crippen molar-refractivity contribution in [2.45, 2.75) is 103 Å². The lowest BCUT2D eigenvalue weighted by atomic mass is 10.1. The lowest BCUT2D eigenvalue weighted by Crippen LogP contribution is -2.50. The Bertz CT molecular complexity index is 3130. The molecule has 9 rings (SSSR count). The SMILES string of the molecule is CCNOCCCNC(=O)CCCCC(=O)N[C@@H](C)C(=O)N[C@@H](C)C(=O)Nc1cc(COc2cc3c(cc2OC)C(=O)N2c4ccccc4C[C@H]2CN3)cc(COc2cc3c(cc2OC)C(=O)N2c4ccccc4C[C@H]2CN3C)c1. The maximum atomic E-state index is 14.3. The third kappa shape index (κ3) is 12.9. The van der Waals surface area contributed by atoms with Gasteiger partial charge in [-0.05, 0) is 111 Å². The number of hydrogen-bond donors (Lipinski definition) is 6. The van der Waals surface area contributed by atoms with Crippen LogP contribution in [-0.2, 0) is 50.1 Å². The predicted octanol–water partition coefficient (Wildman–Crippen LogP) is 6.44. The molecule has 4 aliphatic rings. The smallest absolute Gasteiger partial charge is 0.260 e. The lowest BCUT2D eigenvalue weighted by Gasteiger charge is -2.25. The minimum absolute atomic E-state index is 0.00161. The molecule has 0 bridgehead atoms. The molecular weight excluding hydrogens is 1020 g/mol. The highest BCUT2D eigenvalue weighted by atomic mass is 16.6. The Morgan fingerprint density at radius 1 is 0.662 bits per heavy atom. The predicted molar refractivity (Wildman–Crippen MR) is 304 cm³/mol. The fraction of sp³-hybridized carbons (Fsp3) is 0.400. The molecule has 0 aromatic heterocycles. The van der Waals surface area contributed by atoms with Crippen molar-refractivity contribution in [3.05, 3.63) is 124 Å². The Hall–Kier alpha value is -8.36. The molecule has 422 valence electrons. The molecule has 0 fully saturated rings. The zero-order valence-corrected chi connectivity index (χ0v) is 46.2. The second kappa shape index (κ2) is 25.6. The number of carbonyl (C=O) groups is 6. The zero-order chi connectivity index (χ0) is 56.5. The summed E-state index contributed by atoms with van der Waals surface area (Å²) in [7, 11) is 5.00. The van der Waals surface area contributed by atoms with Crippen LogP contribution in [0.5, 0.6) is 23.0 Å². The van der Waals surface area contributed by atoms with E-state index in [-0.39, 0.29) is 61.8 Å². The van der Waals surface area contributed by atoms with Crippen LogP contribution in [0.15, 0.2) is 91.0 Å². The summed E-state index contributed by atoms with van der Waals surface area (Å²) in [6.07, 6.45) is 3.49. The second-order valence-corrected chi connectivity index (χ2v) is 20.5. The third-order valence-electron chi connectivity index (χ3n) is 14.7. The van der Waals surface area contributed by atoms with Gasteiger partial charge < -0.3 is 65.1 Å². The molecule has 6 amide bonds. The molecule has 0 saturated heterocycles. The Kier molecular flexibility index (Phi) is 18.0. The van der Waals surface area contributed by atoms with E-state index < -0.39 is 23.9 Å². The molecule has 0 aliphatic carbocycles. The average molecular weight is 1090 g/mol. The summed E-state index contributed by atoms with van der Waals surface area (Å²) >= 11 is 0. The Morgan fingerprint density at radius 2 is 1.25 bits per heavy atom. The van der Waals surface area contributed by atoms with Gasteiger partial charge in [-0.15, -0.1) is 0 Å². The standard InChI is InChI=1S/C60H71N9O11/c1-7-63-80-22-14-21-61-55(70)19-12-13-20-56(71)64-36(2)57(72)65-37(3)58(73)66-42-24-38(34-78-53-30-47-45(28-51(53)76-5)59(74)68-43(32-62-47)26-40-15-8-10-17-48(40)68)23-39(25-42)35-79-54-31-50-46(29-52(54)77-6)60(75)69-44(33-67(50)4)27-41-16-9-11-18-49(41)69/h8-11,15-18,23-25,28-31,36-37,43-44,62-63H,7,12-14,19-22,26-27,32-35H2,1-6H3,(H,61,70)(H,64,71)(H,65,72)(H,66,73)/t36-,37-,43-,44-/m0/s1. The monoisotopic (exact) mass is 1090 g/mol. The summed E-state index contributed by atoms with van der Waals surface area (Å²) in [5.74, 6) is -0.291. The number of anilines is 5. The van der Waals surface area contributed by atoms with Crippen molar-refractivity contribution in [3.8, 4) is 23.0 Å². The number of hydrogen-bond acceptors (Lipinski definition) is 14. The van der Waals surface area contributed by atoms with Crippen molar-refractivity contribution >= 4 is 63.9 Å². The van der Waals surface area contributed by atoms with Gasteiger partial charge in [0.15, 0.2) is 23.0 Å². The van der Waals surface area contributed by atoms with Crippen molar-refractivity contribution in [1.29, 1.82) is 0 Å².